The Kier molecular flexibility index (Phi) is 5.48. The lowest BCUT2D eigenvalue weighted by Crippen LogP contribution is -2.37. The number of hydrogen-bond acceptors (Lipinski definition) is 6. The number of carbonyl (C=O) groups excluding carboxylic acids is 2. The number of aromatic nitrogens is 2. The second-order valence-corrected chi connectivity index (χ2v) is 5.01. The molecule has 0 unspecified atom stereocenters. The minimum atomic E-state index is -0.721. The summed E-state index contributed by atoms with van der Waals surface area (Å²) in [5.74, 6) is -0.894. The number of likely N-dealkylation sites (tertiary alicyclic amines) is 1. The zero-order valence-electron chi connectivity index (χ0n) is 12.0. The number of hydrogen-bond donors (Lipinski definition) is 1. The van der Waals surface area contributed by atoms with Gasteiger partial charge in [-0.2, -0.15) is 0 Å². The summed E-state index contributed by atoms with van der Waals surface area (Å²) in [6, 6.07) is 0. The van der Waals surface area contributed by atoms with Crippen molar-refractivity contribution in [3.63, 3.8) is 0 Å². The van der Waals surface area contributed by atoms with Crippen LogP contribution in [0.5, 0.6) is 0 Å². The molecular weight excluding hydrogens is 272 g/mol. The Morgan fingerprint density at radius 1 is 1.10 bits per heavy atom. The van der Waals surface area contributed by atoms with Gasteiger partial charge in [-0.15, -0.1) is 0 Å². The largest absolute Gasteiger partial charge is 0.451 e. The van der Waals surface area contributed by atoms with Crippen LogP contribution in [0, 0.1) is 0 Å². The maximum atomic E-state index is 12.1. The monoisotopic (exact) mass is 292 g/mol. The maximum Gasteiger partial charge on any atom is 0.361 e. The number of nitrogens with zero attached hydrogens (tertiary/aromatic N) is 3. The predicted octanol–water partition coefficient (Wildman–Crippen LogP) is 1.01. The van der Waals surface area contributed by atoms with Crippen molar-refractivity contribution in [3.05, 3.63) is 18.1 Å². The molecule has 1 saturated heterocycles. The summed E-state index contributed by atoms with van der Waals surface area (Å²) in [6.07, 6.45) is 8.24. The van der Waals surface area contributed by atoms with Gasteiger partial charge in [-0.1, -0.05) is 19.3 Å². The molecule has 1 aliphatic heterocycles. The van der Waals surface area contributed by atoms with E-state index in [1.807, 2.05) is 0 Å². The Hall–Kier alpha value is -2.18. The molecule has 0 atom stereocenters. The average molecular weight is 292 g/mol. The van der Waals surface area contributed by atoms with Gasteiger partial charge < -0.3 is 15.4 Å². The van der Waals surface area contributed by atoms with E-state index in [1.165, 1.54) is 18.8 Å². The summed E-state index contributed by atoms with van der Waals surface area (Å²) < 4.78 is 4.98. The fourth-order valence-electron chi connectivity index (χ4n) is 2.29. The zero-order valence-corrected chi connectivity index (χ0v) is 12.0. The van der Waals surface area contributed by atoms with Gasteiger partial charge in [-0.05, 0) is 12.8 Å². The number of esters is 1. The van der Waals surface area contributed by atoms with E-state index in [2.05, 4.69) is 9.97 Å². The van der Waals surface area contributed by atoms with Gasteiger partial charge in [0.05, 0.1) is 0 Å². The number of carbonyl (C=O) groups is 2. The highest BCUT2D eigenvalue weighted by atomic mass is 16.5. The summed E-state index contributed by atoms with van der Waals surface area (Å²) >= 11 is 0. The molecule has 2 heterocycles. The molecule has 2 rings (SSSR count). The highest BCUT2D eigenvalue weighted by molar-refractivity contribution is 5.93. The molecule has 0 aliphatic carbocycles. The highest BCUT2D eigenvalue weighted by Gasteiger charge is 2.19. The van der Waals surface area contributed by atoms with Crippen LogP contribution in [0.25, 0.3) is 0 Å². The lowest BCUT2D eigenvalue weighted by molar-refractivity contribution is -0.134. The smallest absolute Gasteiger partial charge is 0.361 e. The fourth-order valence-corrected chi connectivity index (χ4v) is 2.29. The first-order chi connectivity index (χ1) is 10.2. The first-order valence-electron chi connectivity index (χ1n) is 7.20. The molecule has 0 saturated carbocycles. The van der Waals surface area contributed by atoms with Crippen LogP contribution in [0.15, 0.2) is 12.4 Å². The molecule has 0 radical (unpaired) electrons. The molecule has 1 aromatic heterocycles. The summed E-state index contributed by atoms with van der Waals surface area (Å²) in [4.78, 5) is 33.2. The second-order valence-electron chi connectivity index (χ2n) is 5.01. The van der Waals surface area contributed by atoms with Crippen molar-refractivity contribution in [1.29, 1.82) is 0 Å². The van der Waals surface area contributed by atoms with Gasteiger partial charge in [0.2, 0.25) is 0 Å². The van der Waals surface area contributed by atoms with Crippen LogP contribution in [0.4, 0.5) is 5.82 Å². The van der Waals surface area contributed by atoms with Crippen molar-refractivity contribution in [2.24, 2.45) is 0 Å². The fraction of sp³-hybridized carbons (Fsp3) is 0.571. The van der Waals surface area contributed by atoms with Crippen LogP contribution in [0.2, 0.25) is 0 Å². The molecule has 1 fully saturated rings. The van der Waals surface area contributed by atoms with Gasteiger partial charge in [0.25, 0.3) is 5.91 Å². The van der Waals surface area contributed by atoms with Gasteiger partial charge in [0.1, 0.15) is 0 Å². The van der Waals surface area contributed by atoms with Gasteiger partial charge in [0.15, 0.2) is 18.1 Å². The first kappa shape index (κ1) is 15.2. The molecule has 7 nitrogen and oxygen atoms in total. The number of nitrogens with two attached hydrogens (primary N) is 1. The van der Waals surface area contributed by atoms with Gasteiger partial charge in [-0.25, -0.2) is 14.8 Å². The average Bonchev–Trinajstić information content (AvgIpc) is 2.44. The molecule has 1 amide bonds. The van der Waals surface area contributed by atoms with Gasteiger partial charge >= 0.3 is 5.97 Å². The van der Waals surface area contributed by atoms with E-state index in [0.717, 1.165) is 38.8 Å². The van der Waals surface area contributed by atoms with Crippen LogP contribution in [0.1, 0.15) is 42.6 Å². The van der Waals surface area contributed by atoms with E-state index in [1.54, 1.807) is 4.90 Å². The van der Waals surface area contributed by atoms with Crippen molar-refractivity contribution >= 4 is 17.7 Å². The van der Waals surface area contributed by atoms with Crippen molar-refractivity contribution < 1.29 is 14.3 Å². The number of ether oxygens (including phenoxy) is 1. The molecule has 1 aliphatic rings. The van der Waals surface area contributed by atoms with Crippen molar-refractivity contribution in [3.8, 4) is 0 Å². The molecule has 2 N–H and O–H groups in total. The zero-order chi connectivity index (χ0) is 15.1. The molecule has 0 aromatic carbocycles. The topological polar surface area (TPSA) is 98.4 Å². The Bertz CT molecular complexity index is 499. The Balaban J connectivity index is 1.85. The molecule has 1 aromatic rings. The molecule has 0 bridgehead atoms. The third-order valence-corrected chi connectivity index (χ3v) is 3.46. The summed E-state index contributed by atoms with van der Waals surface area (Å²) in [7, 11) is 0. The van der Waals surface area contributed by atoms with Crippen LogP contribution in [0.3, 0.4) is 0 Å². The highest BCUT2D eigenvalue weighted by Crippen LogP contribution is 2.11. The summed E-state index contributed by atoms with van der Waals surface area (Å²) in [5, 5.41) is 0. The van der Waals surface area contributed by atoms with Crippen LogP contribution in [-0.4, -0.2) is 46.4 Å². The third-order valence-electron chi connectivity index (χ3n) is 3.46. The normalized spacial score (nSPS) is 15.9. The minimum absolute atomic E-state index is 0.00112. The number of amides is 1. The first-order valence-corrected chi connectivity index (χ1v) is 7.20. The van der Waals surface area contributed by atoms with Crippen LogP contribution in [-0.2, 0) is 9.53 Å². The van der Waals surface area contributed by atoms with E-state index in [4.69, 9.17) is 10.5 Å². The van der Waals surface area contributed by atoms with Crippen LogP contribution < -0.4 is 5.73 Å². The maximum absolute atomic E-state index is 12.1. The predicted molar refractivity (Wildman–Crippen MR) is 76.4 cm³/mol. The standard InChI is InChI=1S/C14H20N4O3/c15-13-12(16-6-7-17-13)14(20)21-10-11(19)18-8-4-2-1-3-5-9-18/h6-7H,1-5,8-10H2,(H2,15,17). The Morgan fingerprint density at radius 3 is 2.38 bits per heavy atom. The lowest BCUT2D eigenvalue weighted by Gasteiger charge is -2.24. The third kappa shape index (κ3) is 4.40. The number of rotatable bonds is 3. The number of anilines is 1. The minimum Gasteiger partial charge on any atom is -0.451 e. The van der Waals surface area contributed by atoms with Crippen molar-refractivity contribution in [1.82, 2.24) is 14.9 Å². The van der Waals surface area contributed by atoms with Gasteiger partial charge in [0, 0.05) is 25.5 Å². The van der Waals surface area contributed by atoms with Crippen molar-refractivity contribution in [2.45, 2.75) is 32.1 Å². The van der Waals surface area contributed by atoms with E-state index < -0.39 is 5.97 Å². The molecule has 21 heavy (non-hydrogen) atoms. The Labute approximate surface area is 123 Å². The quantitative estimate of drug-likeness (QED) is 0.835. The number of nitrogen functional groups attached to an aromatic ring is 1. The van der Waals surface area contributed by atoms with Gasteiger partial charge in [-0.3, -0.25) is 4.79 Å². The van der Waals surface area contributed by atoms with Crippen molar-refractivity contribution in [2.75, 3.05) is 25.4 Å². The van der Waals surface area contributed by atoms with E-state index in [-0.39, 0.29) is 24.0 Å². The van der Waals surface area contributed by atoms with E-state index in [0.29, 0.717) is 0 Å². The molecule has 0 spiro atoms. The second kappa shape index (κ2) is 7.56. The lowest BCUT2D eigenvalue weighted by atomic mass is 10.1. The molecule has 7 heteroatoms. The SMILES string of the molecule is Nc1nccnc1C(=O)OCC(=O)N1CCCCCCC1. The van der Waals surface area contributed by atoms with E-state index >= 15 is 0 Å². The molecule has 114 valence electrons. The molecular formula is C14H20N4O3. The van der Waals surface area contributed by atoms with E-state index in [9.17, 15) is 9.59 Å². The van der Waals surface area contributed by atoms with Crippen LogP contribution >= 0.6 is 0 Å². The Morgan fingerprint density at radius 2 is 1.71 bits per heavy atom. The summed E-state index contributed by atoms with van der Waals surface area (Å²) in [5.41, 5.74) is 5.48. The summed E-state index contributed by atoms with van der Waals surface area (Å²) in [6.45, 7) is 1.17.